The highest BCUT2D eigenvalue weighted by Crippen LogP contribution is 2.16. The maximum atomic E-state index is 12.8. The van der Waals surface area contributed by atoms with E-state index in [0.717, 1.165) is 16.6 Å². The van der Waals surface area contributed by atoms with Crippen LogP contribution in [0.2, 0.25) is 0 Å². The predicted molar refractivity (Wildman–Crippen MR) is 100 cm³/mol. The Balaban J connectivity index is 1.71. The summed E-state index contributed by atoms with van der Waals surface area (Å²) >= 11 is 0. The molecule has 7 nitrogen and oxygen atoms in total. The Labute approximate surface area is 156 Å². The van der Waals surface area contributed by atoms with E-state index in [0.29, 0.717) is 38.1 Å². The molecule has 0 atom stereocenters. The number of aromatic nitrogens is 3. The van der Waals surface area contributed by atoms with Gasteiger partial charge in [0.2, 0.25) is 5.91 Å². The number of fused-ring (bicyclic) bond motifs is 1. The van der Waals surface area contributed by atoms with Crippen LogP contribution in [-0.4, -0.2) is 51.9 Å². The van der Waals surface area contributed by atoms with Gasteiger partial charge < -0.3 is 9.64 Å². The SMILES string of the molecule is O=C(Cn1nc(Cc2ccncc2)c2ccccc2c1=O)N1CCOCC1. The number of hydrogen-bond acceptors (Lipinski definition) is 5. The minimum atomic E-state index is -0.245. The molecule has 0 spiro atoms. The van der Waals surface area contributed by atoms with E-state index in [2.05, 4.69) is 10.1 Å². The molecule has 138 valence electrons. The molecule has 1 saturated heterocycles. The minimum absolute atomic E-state index is 0.0625. The molecule has 27 heavy (non-hydrogen) atoms. The van der Waals surface area contributed by atoms with Crippen LogP contribution in [0.5, 0.6) is 0 Å². The van der Waals surface area contributed by atoms with Crippen molar-refractivity contribution in [3.63, 3.8) is 0 Å². The van der Waals surface area contributed by atoms with Gasteiger partial charge in [-0.3, -0.25) is 14.6 Å². The summed E-state index contributed by atoms with van der Waals surface area (Å²) < 4.78 is 6.57. The second kappa shape index (κ2) is 7.67. The lowest BCUT2D eigenvalue weighted by Crippen LogP contribution is -2.43. The zero-order valence-corrected chi connectivity index (χ0v) is 14.9. The molecule has 1 aromatic carbocycles. The molecular formula is C20H20N4O3. The molecule has 0 unspecified atom stereocenters. The molecule has 4 rings (SSSR count). The van der Waals surface area contributed by atoms with Gasteiger partial charge in [0.15, 0.2) is 0 Å². The summed E-state index contributed by atoms with van der Waals surface area (Å²) in [5, 5.41) is 5.93. The van der Waals surface area contributed by atoms with E-state index < -0.39 is 0 Å². The number of amides is 1. The standard InChI is InChI=1S/C20H20N4O3/c25-19(23-9-11-27-12-10-23)14-24-20(26)17-4-2-1-3-16(17)18(22-24)13-15-5-7-21-8-6-15/h1-8H,9-14H2. The van der Waals surface area contributed by atoms with Crippen LogP contribution in [0.4, 0.5) is 0 Å². The Morgan fingerprint density at radius 2 is 1.74 bits per heavy atom. The molecule has 1 aliphatic heterocycles. The van der Waals surface area contributed by atoms with Crippen molar-refractivity contribution in [2.75, 3.05) is 26.3 Å². The molecule has 1 aliphatic rings. The van der Waals surface area contributed by atoms with Gasteiger partial charge in [0, 0.05) is 37.3 Å². The van der Waals surface area contributed by atoms with Gasteiger partial charge in [-0.05, 0) is 23.8 Å². The molecule has 3 aromatic rings. The smallest absolute Gasteiger partial charge is 0.275 e. The molecule has 0 bridgehead atoms. The fourth-order valence-corrected chi connectivity index (χ4v) is 3.28. The number of ether oxygens (including phenoxy) is 1. The number of pyridine rings is 1. The van der Waals surface area contributed by atoms with Gasteiger partial charge in [-0.1, -0.05) is 18.2 Å². The molecular weight excluding hydrogens is 344 g/mol. The van der Waals surface area contributed by atoms with Crippen molar-refractivity contribution < 1.29 is 9.53 Å². The van der Waals surface area contributed by atoms with Crippen LogP contribution in [0.25, 0.3) is 10.8 Å². The van der Waals surface area contributed by atoms with Crippen LogP contribution < -0.4 is 5.56 Å². The molecule has 1 amide bonds. The van der Waals surface area contributed by atoms with Crippen LogP contribution in [0.3, 0.4) is 0 Å². The predicted octanol–water partition coefficient (Wildman–Crippen LogP) is 1.24. The first kappa shape index (κ1) is 17.4. The Hall–Kier alpha value is -3.06. The average molecular weight is 364 g/mol. The first-order chi connectivity index (χ1) is 13.2. The maximum absolute atomic E-state index is 12.8. The fraction of sp³-hybridized carbons (Fsp3) is 0.300. The Morgan fingerprint density at radius 3 is 2.48 bits per heavy atom. The lowest BCUT2D eigenvalue weighted by Gasteiger charge is -2.27. The van der Waals surface area contributed by atoms with E-state index in [-0.39, 0.29) is 18.0 Å². The van der Waals surface area contributed by atoms with Crippen molar-refractivity contribution in [3.8, 4) is 0 Å². The molecule has 0 N–H and O–H groups in total. The number of rotatable bonds is 4. The average Bonchev–Trinajstić information content (AvgIpc) is 2.73. The van der Waals surface area contributed by atoms with E-state index in [1.807, 2.05) is 30.3 Å². The van der Waals surface area contributed by atoms with E-state index >= 15 is 0 Å². The Morgan fingerprint density at radius 1 is 1.04 bits per heavy atom. The van der Waals surface area contributed by atoms with Gasteiger partial charge in [0.05, 0.1) is 24.3 Å². The first-order valence-electron chi connectivity index (χ1n) is 8.95. The second-order valence-electron chi connectivity index (χ2n) is 6.48. The largest absolute Gasteiger partial charge is 0.378 e. The highest BCUT2D eigenvalue weighted by Gasteiger charge is 2.19. The van der Waals surface area contributed by atoms with Crippen molar-refractivity contribution in [2.45, 2.75) is 13.0 Å². The summed E-state index contributed by atoms with van der Waals surface area (Å²) in [6.07, 6.45) is 4.03. The Kier molecular flexibility index (Phi) is 4.93. The van der Waals surface area contributed by atoms with Crippen LogP contribution in [0.1, 0.15) is 11.3 Å². The first-order valence-corrected chi connectivity index (χ1v) is 8.95. The van der Waals surface area contributed by atoms with Crippen LogP contribution >= 0.6 is 0 Å². The zero-order valence-electron chi connectivity index (χ0n) is 14.9. The summed E-state index contributed by atoms with van der Waals surface area (Å²) in [6, 6.07) is 11.2. The zero-order chi connectivity index (χ0) is 18.6. The van der Waals surface area contributed by atoms with E-state index in [1.165, 1.54) is 4.68 Å². The fourth-order valence-electron chi connectivity index (χ4n) is 3.28. The van der Waals surface area contributed by atoms with E-state index in [4.69, 9.17) is 4.74 Å². The molecule has 7 heteroatoms. The van der Waals surface area contributed by atoms with Crippen molar-refractivity contribution in [1.82, 2.24) is 19.7 Å². The summed E-state index contributed by atoms with van der Waals surface area (Å²) in [4.78, 5) is 31.2. The van der Waals surface area contributed by atoms with E-state index in [1.54, 1.807) is 23.4 Å². The van der Waals surface area contributed by atoms with Gasteiger partial charge >= 0.3 is 0 Å². The van der Waals surface area contributed by atoms with Crippen LogP contribution in [0.15, 0.2) is 53.6 Å². The summed E-state index contributed by atoms with van der Waals surface area (Å²) in [7, 11) is 0. The monoisotopic (exact) mass is 364 g/mol. The number of benzene rings is 1. The maximum Gasteiger partial charge on any atom is 0.275 e. The van der Waals surface area contributed by atoms with Gasteiger partial charge in [-0.25, -0.2) is 4.68 Å². The van der Waals surface area contributed by atoms with Gasteiger partial charge in [0.1, 0.15) is 6.54 Å². The van der Waals surface area contributed by atoms with Crippen LogP contribution in [0, 0.1) is 0 Å². The van der Waals surface area contributed by atoms with Crippen LogP contribution in [-0.2, 0) is 22.5 Å². The summed E-state index contributed by atoms with van der Waals surface area (Å²) in [6.45, 7) is 2.08. The van der Waals surface area contributed by atoms with Crippen molar-refractivity contribution in [2.24, 2.45) is 0 Å². The van der Waals surface area contributed by atoms with Gasteiger partial charge in [0.25, 0.3) is 5.56 Å². The third-order valence-electron chi connectivity index (χ3n) is 4.71. The van der Waals surface area contributed by atoms with E-state index in [9.17, 15) is 9.59 Å². The number of carbonyl (C=O) groups excluding carboxylic acids is 1. The molecule has 0 saturated carbocycles. The molecule has 0 radical (unpaired) electrons. The summed E-state index contributed by atoms with van der Waals surface area (Å²) in [5.41, 5.74) is 1.57. The van der Waals surface area contributed by atoms with Crippen molar-refractivity contribution in [1.29, 1.82) is 0 Å². The summed E-state index contributed by atoms with van der Waals surface area (Å²) in [5.74, 6) is -0.113. The van der Waals surface area contributed by atoms with Crippen molar-refractivity contribution >= 4 is 16.7 Å². The number of hydrogen-bond donors (Lipinski definition) is 0. The Bertz CT molecular complexity index is 1010. The minimum Gasteiger partial charge on any atom is -0.378 e. The van der Waals surface area contributed by atoms with Gasteiger partial charge in [-0.15, -0.1) is 0 Å². The molecule has 0 aliphatic carbocycles. The number of morpholine rings is 1. The number of nitrogens with zero attached hydrogens (tertiary/aromatic N) is 4. The highest BCUT2D eigenvalue weighted by molar-refractivity contribution is 5.84. The third-order valence-corrected chi connectivity index (χ3v) is 4.71. The number of carbonyl (C=O) groups is 1. The topological polar surface area (TPSA) is 77.3 Å². The lowest BCUT2D eigenvalue weighted by atomic mass is 10.1. The molecule has 3 heterocycles. The third kappa shape index (κ3) is 3.73. The lowest BCUT2D eigenvalue weighted by molar-refractivity contribution is -0.136. The van der Waals surface area contributed by atoms with Gasteiger partial charge in [-0.2, -0.15) is 5.10 Å². The highest BCUT2D eigenvalue weighted by atomic mass is 16.5. The second-order valence-corrected chi connectivity index (χ2v) is 6.48. The molecule has 1 fully saturated rings. The molecule has 2 aromatic heterocycles. The quantitative estimate of drug-likeness (QED) is 0.696. The normalized spacial score (nSPS) is 14.4. The van der Waals surface area contributed by atoms with Crippen molar-refractivity contribution in [3.05, 3.63) is 70.4 Å².